The molecular weight excluding hydrogens is 315 g/mol. The summed E-state index contributed by atoms with van der Waals surface area (Å²) in [6.45, 7) is 0. The molecule has 132 valence electrons. The Labute approximate surface area is 132 Å². The molecule has 0 spiro atoms. The predicted octanol–water partition coefficient (Wildman–Crippen LogP) is 2.84. The molecule has 1 amide bonds. The van der Waals surface area contributed by atoms with Gasteiger partial charge < -0.3 is 10.4 Å². The van der Waals surface area contributed by atoms with E-state index in [4.69, 9.17) is 5.11 Å². The molecule has 0 aromatic rings. The van der Waals surface area contributed by atoms with Gasteiger partial charge in [-0.15, -0.1) is 13.2 Å². The molecule has 2 aliphatic carbocycles. The Kier molecular flexibility index (Phi) is 5.89. The van der Waals surface area contributed by atoms with Crippen molar-refractivity contribution in [2.24, 2.45) is 11.8 Å². The summed E-state index contributed by atoms with van der Waals surface area (Å²) < 4.78 is 40.5. The number of hydrogen-bond donors (Lipinski definition) is 2. The molecule has 5 nitrogen and oxygen atoms in total. The van der Waals surface area contributed by atoms with Crippen LogP contribution in [0.2, 0.25) is 0 Å². The molecule has 0 aliphatic heterocycles. The zero-order valence-corrected chi connectivity index (χ0v) is 12.8. The fourth-order valence-corrected chi connectivity index (χ4v) is 3.63. The number of ether oxygens (including phenoxy) is 1. The summed E-state index contributed by atoms with van der Waals surface area (Å²) in [7, 11) is 0. The van der Waals surface area contributed by atoms with Crippen LogP contribution in [0.15, 0.2) is 0 Å². The second kappa shape index (κ2) is 7.51. The quantitative estimate of drug-likeness (QED) is 0.809. The van der Waals surface area contributed by atoms with Crippen molar-refractivity contribution in [2.75, 3.05) is 0 Å². The lowest BCUT2D eigenvalue weighted by molar-refractivity contribution is -0.345. The molecule has 2 saturated carbocycles. The zero-order chi connectivity index (χ0) is 17.0. The molecule has 2 rings (SSSR count). The normalized spacial score (nSPS) is 31.8. The number of carboxylic acids is 1. The summed E-state index contributed by atoms with van der Waals surface area (Å²) in [5.41, 5.74) is 0. The lowest BCUT2D eigenvalue weighted by atomic mass is 9.86. The Balaban J connectivity index is 1.77. The zero-order valence-electron chi connectivity index (χ0n) is 12.8. The van der Waals surface area contributed by atoms with Crippen LogP contribution < -0.4 is 5.32 Å². The summed E-state index contributed by atoms with van der Waals surface area (Å²) >= 11 is 0. The van der Waals surface area contributed by atoms with E-state index in [1.807, 2.05) is 0 Å². The number of carbonyl (C=O) groups excluding carboxylic acids is 1. The Morgan fingerprint density at radius 1 is 1.09 bits per heavy atom. The fourth-order valence-electron chi connectivity index (χ4n) is 3.63. The monoisotopic (exact) mass is 337 g/mol. The van der Waals surface area contributed by atoms with Crippen LogP contribution in [-0.2, 0) is 14.3 Å². The highest BCUT2D eigenvalue weighted by Gasteiger charge is 2.37. The lowest BCUT2D eigenvalue weighted by Gasteiger charge is -2.29. The number of aliphatic carboxylic acids is 1. The van der Waals surface area contributed by atoms with Crippen molar-refractivity contribution >= 4 is 11.9 Å². The van der Waals surface area contributed by atoms with Gasteiger partial charge in [-0.1, -0.05) is 6.42 Å². The molecule has 0 aromatic heterocycles. The highest BCUT2D eigenvalue weighted by Crippen LogP contribution is 2.32. The van der Waals surface area contributed by atoms with Gasteiger partial charge in [-0.3, -0.25) is 14.3 Å². The first-order valence-electron chi connectivity index (χ1n) is 8.01. The van der Waals surface area contributed by atoms with Gasteiger partial charge in [0.25, 0.3) is 0 Å². The average molecular weight is 337 g/mol. The largest absolute Gasteiger partial charge is 0.522 e. The predicted molar refractivity (Wildman–Crippen MR) is 74.4 cm³/mol. The number of rotatable bonds is 5. The molecule has 2 aliphatic rings. The number of amides is 1. The first-order chi connectivity index (χ1) is 10.7. The van der Waals surface area contributed by atoms with Crippen LogP contribution in [0.1, 0.15) is 51.4 Å². The molecule has 0 aromatic carbocycles. The highest BCUT2D eigenvalue weighted by atomic mass is 19.4. The number of nitrogens with one attached hydrogen (secondary N) is 1. The van der Waals surface area contributed by atoms with E-state index >= 15 is 0 Å². The fraction of sp³-hybridized carbons (Fsp3) is 0.867. The standard InChI is InChI=1S/C15H22F3NO4/c16-15(17,18)23-11-6-4-9(5-7-11)14(22)19-12-3-1-2-10(12)8-13(20)21/h9-12H,1-8H2,(H,19,22)(H,20,21)/t9?,10-,11?,12+/m0/s1. The van der Waals surface area contributed by atoms with Gasteiger partial charge in [0.05, 0.1) is 12.5 Å². The number of alkyl halides is 3. The molecule has 2 fully saturated rings. The third-order valence-corrected chi connectivity index (χ3v) is 4.77. The number of hydrogen-bond acceptors (Lipinski definition) is 3. The minimum Gasteiger partial charge on any atom is -0.481 e. The van der Waals surface area contributed by atoms with E-state index in [1.54, 1.807) is 0 Å². The lowest BCUT2D eigenvalue weighted by Crippen LogP contribution is -2.43. The van der Waals surface area contributed by atoms with E-state index in [2.05, 4.69) is 10.1 Å². The smallest absolute Gasteiger partial charge is 0.481 e. The molecule has 23 heavy (non-hydrogen) atoms. The van der Waals surface area contributed by atoms with Crippen LogP contribution in [0.3, 0.4) is 0 Å². The van der Waals surface area contributed by atoms with Gasteiger partial charge in [0.2, 0.25) is 5.91 Å². The maximum atomic E-state index is 12.3. The van der Waals surface area contributed by atoms with Crippen LogP contribution >= 0.6 is 0 Å². The first kappa shape index (κ1) is 18.0. The molecule has 8 heteroatoms. The molecular formula is C15H22F3NO4. The van der Waals surface area contributed by atoms with Gasteiger partial charge in [0.15, 0.2) is 0 Å². The second-order valence-electron chi connectivity index (χ2n) is 6.44. The summed E-state index contributed by atoms with van der Waals surface area (Å²) in [5.74, 6) is -1.41. The van der Waals surface area contributed by atoms with Gasteiger partial charge in [-0.25, -0.2) is 0 Å². The van der Waals surface area contributed by atoms with E-state index in [-0.39, 0.29) is 43.0 Å². The van der Waals surface area contributed by atoms with Crippen LogP contribution in [0.4, 0.5) is 13.2 Å². The van der Waals surface area contributed by atoms with Crippen LogP contribution in [0.5, 0.6) is 0 Å². The van der Waals surface area contributed by atoms with Gasteiger partial charge >= 0.3 is 12.3 Å². The molecule has 0 bridgehead atoms. The molecule has 0 saturated heterocycles. The highest BCUT2D eigenvalue weighted by molar-refractivity contribution is 5.79. The topological polar surface area (TPSA) is 75.6 Å². The number of carbonyl (C=O) groups is 2. The Hall–Kier alpha value is -1.31. The second-order valence-corrected chi connectivity index (χ2v) is 6.44. The maximum absolute atomic E-state index is 12.3. The van der Waals surface area contributed by atoms with E-state index in [1.165, 1.54) is 0 Å². The summed E-state index contributed by atoms with van der Waals surface area (Å²) in [6.07, 6.45) is -1.89. The maximum Gasteiger partial charge on any atom is 0.522 e. The average Bonchev–Trinajstić information content (AvgIpc) is 2.84. The number of carboxylic acid groups (broad SMARTS) is 1. The molecule has 0 unspecified atom stereocenters. The van der Waals surface area contributed by atoms with Crippen molar-refractivity contribution < 1.29 is 32.6 Å². The van der Waals surface area contributed by atoms with Crippen LogP contribution in [0, 0.1) is 11.8 Å². The minimum absolute atomic E-state index is 0.0388. The van der Waals surface area contributed by atoms with Crippen LogP contribution in [-0.4, -0.2) is 35.5 Å². The molecule has 2 N–H and O–H groups in total. The van der Waals surface area contributed by atoms with E-state index in [0.29, 0.717) is 12.8 Å². The van der Waals surface area contributed by atoms with Crippen molar-refractivity contribution in [3.05, 3.63) is 0 Å². The van der Waals surface area contributed by atoms with E-state index in [9.17, 15) is 22.8 Å². The van der Waals surface area contributed by atoms with Crippen molar-refractivity contribution in [3.63, 3.8) is 0 Å². The molecule has 0 radical (unpaired) electrons. The van der Waals surface area contributed by atoms with Gasteiger partial charge in [-0.05, 0) is 44.4 Å². The van der Waals surface area contributed by atoms with Crippen molar-refractivity contribution in [2.45, 2.75) is 69.9 Å². The third kappa shape index (κ3) is 5.67. The Morgan fingerprint density at radius 2 is 1.74 bits per heavy atom. The van der Waals surface area contributed by atoms with E-state index < -0.39 is 18.4 Å². The first-order valence-corrected chi connectivity index (χ1v) is 8.01. The Morgan fingerprint density at radius 3 is 2.30 bits per heavy atom. The summed E-state index contributed by atoms with van der Waals surface area (Å²) in [6, 6.07) is -0.136. The van der Waals surface area contributed by atoms with E-state index in [0.717, 1.165) is 19.3 Å². The van der Waals surface area contributed by atoms with Crippen molar-refractivity contribution in [1.29, 1.82) is 0 Å². The SMILES string of the molecule is O=C(O)C[C@@H]1CCC[C@H]1NC(=O)C1CCC(OC(F)(F)F)CC1. The minimum atomic E-state index is -4.63. The third-order valence-electron chi connectivity index (χ3n) is 4.77. The summed E-state index contributed by atoms with van der Waals surface area (Å²) in [4.78, 5) is 23.1. The van der Waals surface area contributed by atoms with Crippen molar-refractivity contribution in [3.8, 4) is 0 Å². The number of halogens is 3. The van der Waals surface area contributed by atoms with Crippen LogP contribution in [0.25, 0.3) is 0 Å². The summed E-state index contributed by atoms with van der Waals surface area (Å²) in [5, 5.41) is 11.8. The van der Waals surface area contributed by atoms with Gasteiger partial charge in [0, 0.05) is 12.0 Å². The molecule has 0 heterocycles. The Bertz CT molecular complexity index is 433. The molecule has 2 atom stereocenters. The van der Waals surface area contributed by atoms with Crippen molar-refractivity contribution in [1.82, 2.24) is 5.32 Å². The van der Waals surface area contributed by atoms with Gasteiger partial charge in [0.1, 0.15) is 0 Å². The van der Waals surface area contributed by atoms with Gasteiger partial charge in [-0.2, -0.15) is 0 Å².